The smallest absolute Gasteiger partial charge is 0.416 e. The van der Waals surface area contributed by atoms with Gasteiger partial charge in [0.1, 0.15) is 5.75 Å². The van der Waals surface area contributed by atoms with E-state index in [0.717, 1.165) is 24.3 Å². The fraction of sp³-hybridized carbons (Fsp3) is 0.222. The fourth-order valence-electron chi connectivity index (χ4n) is 0.885. The fourth-order valence-corrected chi connectivity index (χ4v) is 0.885. The maximum absolute atomic E-state index is 12.1. The molecule has 0 aliphatic rings. The topological polar surface area (TPSA) is 52.3 Å². The minimum absolute atomic E-state index is 0.0402. The molecule has 0 amide bonds. The van der Waals surface area contributed by atoms with Crippen LogP contribution in [0.4, 0.5) is 13.2 Å². The van der Waals surface area contributed by atoms with Crippen LogP contribution in [0.2, 0.25) is 0 Å². The van der Waals surface area contributed by atoms with Crippen molar-refractivity contribution < 1.29 is 22.7 Å². The maximum Gasteiger partial charge on any atom is 0.416 e. The number of hydrogen-bond acceptors (Lipinski definition) is 3. The van der Waals surface area contributed by atoms with Gasteiger partial charge in [-0.05, 0) is 24.3 Å². The highest BCUT2D eigenvalue weighted by atomic mass is 19.4. The monoisotopic (exact) mass is 219 g/mol. The highest BCUT2D eigenvalue weighted by Gasteiger charge is 2.30. The predicted octanol–water partition coefficient (Wildman–Crippen LogP) is 1.57. The Kier molecular flexibility index (Phi) is 3.31. The summed E-state index contributed by atoms with van der Waals surface area (Å²) in [5, 5.41) is 0. The van der Waals surface area contributed by atoms with Crippen LogP contribution in [0, 0.1) is 0 Å². The third kappa shape index (κ3) is 3.25. The lowest BCUT2D eigenvalue weighted by atomic mass is 10.2. The number of benzene rings is 1. The number of rotatable bonds is 2. The minimum atomic E-state index is -4.39. The molecule has 0 bridgehead atoms. The molecule has 0 radical (unpaired) electrons. The zero-order valence-corrected chi connectivity index (χ0v) is 7.54. The summed E-state index contributed by atoms with van der Waals surface area (Å²) < 4.78 is 41.0. The van der Waals surface area contributed by atoms with Crippen LogP contribution in [0.3, 0.4) is 0 Å². The molecule has 0 aromatic heterocycles. The number of halogens is 3. The number of carbonyl (C=O) groups excluding carboxylic acids is 1. The van der Waals surface area contributed by atoms with Crippen molar-refractivity contribution in [2.75, 3.05) is 6.54 Å². The summed E-state index contributed by atoms with van der Waals surface area (Å²) >= 11 is 0. The van der Waals surface area contributed by atoms with E-state index in [1.807, 2.05) is 0 Å². The Morgan fingerprint density at radius 2 is 1.80 bits per heavy atom. The van der Waals surface area contributed by atoms with Crippen LogP contribution in [0.15, 0.2) is 24.3 Å². The van der Waals surface area contributed by atoms with E-state index in [1.54, 1.807) is 0 Å². The van der Waals surface area contributed by atoms with Crippen molar-refractivity contribution >= 4 is 5.97 Å². The van der Waals surface area contributed by atoms with E-state index in [1.165, 1.54) is 0 Å². The van der Waals surface area contributed by atoms with Crippen LogP contribution in [0.25, 0.3) is 0 Å². The summed E-state index contributed by atoms with van der Waals surface area (Å²) in [6, 6.07) is 3.80. The summed E-state index contributed by atoms with van der Waals surface area (Å²) in [4.78, 5) is 10.7. The molecule has 0 heterocycles. The quantitative estimate of drug-likeness (QED) is 0.606. The van der Waals surface area contributed by atoms with Gasteiger partial charge in [0.15, 0.2) is 0 Å². The average Bonchev–Trinajstić information content (AvgIpc) is 2.17. The van der Waals surface area contributed by atoms with Crippen LogP contribution in [0.5, 0.6) is 5.75 Å². The number of alkyl halides is 3. The molecule has 0 atom stereocenters. The van der Waals surface area contributed by atoms with Crippen molar-refractivity contribution in [2.24, 2.45) is 5.73 Å². The molecule has 3 nitrogen and oxygen atoms in total. The molecular weight excluding hydrogens is 211 g/mol. The molecule has 0 fully saturated rings. The molecule has 0 aliphatic carbocycles. The van der Waals surface area contributed by atoms with E-state index in [0.29, 0.717) is 0 Å². The lowest BCUT2D eigenvalue weighted by Gasteiger charge is -2.07. The number of carbonyl (C=O) groups is 1. The minimum Gasteiger partial charge on any atom is -0.426 e. The van der Waals surface area contributed by atoms with Gasteiger partial charge in [0, 0.05) is 0 Å². The Balaban J connectivity index is 2.77. The Labute approximate surface area is 83.6 Å². The molecule has 2 N–H and O–H groups in total. The Morgan fingerprint density at radius 3 is 2.20 bits per heavy atom. The molecule has 0 aliphatic heterocycles. The van der Waals surface area contributed by atoms with Gasteiger partial charge in [0.05, 0.1) is 12.1 Å². The van der Waals surface area contributed by atoms with Gasteiger partial charge in [0.2, 0.25) is 0 Å². The second-order valence-electron chi connectivity index (χ2n) is 2.70. The van der Waals surface area contributed by atoms with Gasteiger partial charge in [-0.2, -0.15) is 13.2 Å². The number of ether oxygens (including phenoxy) is 1. The lowest BCUT2D eigenvalue weighted by Crippen LogP contribution is -2.19. The first-order valence-corrected chi connectivity index (χ1v) is 4.01. The molecule has 1 aromatic rings. The second-order valence-corrected chi connectivity index (χ2v) is 2.70. The maximum atomic E-state index is 12.1. The molecule has 82 valence electrons. The average molecular weight is 219 g/mol. The molecule has 15 heavy (non-hydrogen) atoms. The standard InChI is InChI=1S/C9H8F3NO2/c10-9(11,12)6-1-3-7(4-2-6)15-8(14)5-13/h1-4H,5,13H2. The Hall–Kier alpha value is -1.56. The van der Waals surface area contributed by atoms with Crippen molar-refractivity contribution in [3.8, 4) is 5.75 Å². The van der Waals surface area contributed by atoms with E-state index in [2.05, 4.69) is 4.74 Å². The first kappa shape index (κ1) is 11.5. The molecular formula is C9H8F3NO2. The van der Waals surface area contributed by atoms with E-state index in [4.69, 9.17) is 5.73 Å². The SMILES string of the molecule is NCC(=O)Oc1ccc(C(F)(F)F)cc1. The Morgan fingerprint density at radius 1 is 1.27 bits per heavy atom. The molecule has 6 heteroatoms. The largest absolute Gasteiger partial charge is 0.426 e. The van der Waals surface area contributed by atoms with Crippen molar-refractivity contribution in [3.63, 3.8) is 0 Å². The normalized spacial score (nSPS) is 11.2. The van der Waals surface area contributed by atoms with E-state index in [9.17, 15) is 18.0 Å². The Bertz CT molecular complexity index is 345. The van der Waals surface area contributed by atoms with Crippen LogP contribution in [-0.2, 0) is 11.0 Å². The number of nitrogens with two attached hydrogens (primary N) is 1. The predicted molar refractivity (Wildman–Crippen MR) is 46.1 cm³/mol. The van der Waals surface area contributed by atoms with E-state index in [-0.39, 0.29) is 12.3 Å². The summed E-state index contributed by atoms with van der Waals surface area (Å²) in [6.45, 7) is -0.318. The summed E-state index contributed by atoms with van der Waals surface area (Å²) in [7, 11) is 0. The first-order valence-electron chi connectivity index (χ1n) is 4.01. The van der Waals surface area contributed by atoms with E-state index < -0.39 is 17.7 Å². The van der Waals surface area contributed by atoms with Gasteiger partial charge in [-0.25, -0.2) is 0 Å². The van der Waals surface area contributed by atoms with Crippen LogP contribution < -0.4 is 10.5 Å². The summed E-state index contributed by atoms with van der Waals surface area (Å²) in [6.07, 6.45) is -4.39. The number of esters is 1. The molecule has 0 saturated carbocycles. The van der Waals surface area contributed by atoms with E-state index >= 15 is 0 Å². The lowest BCUT2D eigenvalue weighted by molar-refractivity contribution is -0.137. The van der Waals surface area contributed by atoms with Gasteiger partial charge < -0.3 is 10.5 Å². The zero-order valence-electron chi connectivity index (χ0n) is 7.54. The van der Waals surface area contributed by atoms with Crippen LogP contribution in [-0.4, -0.2) is 12.5 Å². The summed E-state index contributed by atoms with van der Waals surface area (Å²) in [5.41, 5.74) is 4.17. The van der Waals surface area contributed by atoms with Crippen molar-refractivity contribution in [1.29, 1.82) is 0 Å². The van der Waals surface area contributed by atoms with Crippen LogP contribution in [0.1, 0.15) is 5.56 Å². The molecule has 0 unspecified atom stereocenters. The highest BCUT2D eigenvalue weighted by Crippen LogP contribution is 2.30. The molecule has 0 saturated heterocycles. The molecule has 1 aromatic carbocycles. The van der Waals surface area contributed by atoms with Crippen molar-refractivity contribution in [3.05, 3.63) is 29.8 Å². The van der Waals surface area contributed by atoms with Gasteiger partial charge >= 0.3 is 12.1 Å². The molecule has 0 spiro atoms. The third-order valence-electron chi connectivity index (χ3n) is 1.58. The van der Waals surface area contributed by atoms with Gasteiger partial charge in [-0.1, -0.05) is 0 Å². The third-order valence-corrected chi connectivity index (χ3v) is 1.58. The molecule has 1 rings (SSSR count). The van der Waals surface area contributed by atoms with Crippen molar-refractivity contribution in [2.45, 2.75) is 6.18 Å². The van der Waals surface area contributed by atoms with Gasteiger partial charge in [-0.3, -0.25) is 4.79 Å². The van der Waals surface area contributed by atoms with Gasteiger partial charge in [0.25, 0.3) is 0 Å². The second kappa shape index (κ2) is 4.31. The first-order chi connectivity index (χ1) is 6.93. The van der Waals surface area contributed by atoms with Crippen molar-refractivity contribution in [1.82, 2.24) is 0 Å². The highest BCUT2D eigenvalue weighted by molar-refractivity contribution is 5.74. The van der Waals surface area contributed by atoms with Gasteiger partial charge in [-0.15, -0.1) is 0 Å². The number of hydrogen-bond donors (Lipinski definition) is 1. The zero-order chi connectivity index (χ0) is 11.5. The van der Waals surface area contributed by atoms with Crippen LogP contribution >= 0.6 is 0 Å². The summed E-state index contributed by atoms with van der Waals surface area (Å²) in [5.74, 6) is -0.659.